The van der Waals surface area contributed by atoms with Gasteiger partial charge in [-0.3, -0.25) is 0 Å². The molecule has 2 aromatic carbocycles. The summed E-state index contributed by atoms with van der Waals surface area (Å²) in [7, 11) is -6.96. The van der Waals surface area contributed by atoms with Crippen LogP contribution in [-0.2, 0) is 20.0 Å². The number of ether oxygens (including phenoxy) is 1. The number of nitrogens with two attached hydrogens (primary N) is 1. The van der Waals surface area contributed by atoms with Gasteiger partial charge in [-0.2, -0.15) is 0 Å². The second-order valence-corrected chi connectivity index (χ2v) is 11.1. The summed E-state index contributed by atoms with van der Waals surface area (Å²) in [5.74, 6) is 0.916. The first-order valence-electron chi connectivity index (χ1n) is 9.87. The fourth-order valence-electron chi connectivity index (χ4n) is 3.50. The lowest BCUT2D eigenvalue weighted by Crippen LogP contribution is -2.41. The van der Waals surface area contributed by atoms with Crippen LogP contribution in [0.1, 0.15) is 12.8 Å². The highest BCUT2D eigenvalue weighted by molar-refractivity contribution is 7.89. The van der Waals surface area contributed by atoms with Crippen molar-refractivity contribution in [1.82, 2.24) is 14.3 Å². The highest BCUT2D eigenvalue weighted by Gasteiger charge is 2.26. The van der Waals surface area contributed by atoms with Crippen molar-refractivity contribution < 1.29 is 21.6 Å². The summed E-state index contributed by atoms with van der Waals surface area (Å²) in [5.41, 5.74) is 1.22. The van der Waals surface area contributed by atoms with Gasteiger partial charge < -0.3 is 10.1 Å². The van der Waals surface area contributed by atoms with Crippen molar-refractivity contribution in [3.63, 3.8) is 0 Å². The molecule has 0 saturated carbocycles. The molecule has 0 spiro atoms. The molecular formula is C20H23N5O5S2. The van der Waals surface area contributed by atoms with Crippen molar-refractivity contribution in [3.8, 4) is 5.75 Å². The number of primary sulfonamides is 1. The van der Waals surface area contributed by atoms with Crippen molar-refractivity contribution in [2.24, 2.45) is 5.14 Å². The van der Waals surface area contributed by atoms with Crippen LogP contribution in [0.5, 0.6) is 5.75 Å². The van der Waals surface area contributed by atoms with Gasteiger partial charge in [0.05, 0.1) is 11.2 Å². The zero-order valence-electron chi connectivity index (χ0n) is 17.3. The molecule has 0 bridgehead atoms. The Morgan fingerprint density at radius 2 is 1.75 bits per heavy atom. The minimum atomic E-state index is -3.76. The van der Waals surface area contributed by atoms with Crippen LogP contribution >= 0.6 is 0 Å². The molecule has 10 nitrogen and oxygen atoms in total. The summed E-state index contributed by atoms with van der Waals surface area (Å²) in [5, 5.41) is 8.96. The third-order valence-corrected chi connectivity index (χ3v) is 7.41. The third-order valence-electron chi connectivity index (χ3n) is 5.18. The second kappa shape index (κ2) is 8.62. The van der Waals surface area contributed by atoms with Crippen molar-refractivity contribution in [3.05, 3.63) is 48.7 Å². The molecule has 32 heavy (non-hydrogen) atoms. The molecule has 0 atom stereocenters. The number of sulfonamides is 2. The molecule has 0 aliphatic carbocycles. The van der Waals surface area contributed by atoms with Crippen molar-refractivity contribution in [2.75, 3.05) is 24.7 Å². The van der Waals surface area contributed by atoms with E-state index < -0.39 is 20.0 Å². The maximum Gasteiger partial charge on any atom is 0.238 e. The van der Waals surface area contributed by atoms with Crippen LogP contribution in [0.15, 0.2) is 53.6 Å². The Bertz CT molecular complexity index is 1340. The first-order valence-corrected chi connectivity index (χ1v) is 13.3. The standard InChI is InChI=1S/C20H23N5O5S2/c1-31(26,27)25-11-9-16(10-12-25)30-18-4-2-3-14-13-22-20(24-19(14)18)23-15-5-7-17(8-6-15)32(21,28)29/h2-8,13,16H,9-12H2,1H3,(H2,21,28,29)(H,22,23,24). The predicted molar refractivity (Wildman–Crippen MR) is 121 cm³/mol. The Hall–Kier alpha value is -2.80. The Morgan fingerprint density at radius 1 is 1.06 bits per heavy atom. The van der Waals surface area contributed by atoms with Crippen LogP contribution in [0, 0.1) is 0 Å². The van der Waals surface area contributed by atoms with Gasteiger partial charge >= 0.3 is 0 Å². The smallest absolute Gasteiger partial charge is 0.238 e. The molecule has 1 fully saturated rings. The normalized spacial score (nSPS) is 16.2. The third kappa shape index (κ3) is 5.15. The molecule has 3 N–H and O–H groups in total. The number of piperidine rings is 1. The molecule has 1 aromatic heterocycles. The molecule has 170 valence electrons. The fourth-order valence-corrected chi connectivity index (χ4v) is 4.89. The summed E-state index contributed by atoms with van der Waals surface area (Å²) in [6.45, 7) is 0.842. The molecular weight excluding hydrogens is 454 g/mol. The van der Waals surface area contributed by atoms with Gasteiger partial charge in [0, 0.05) is 30.4 Å². The molecule has 2 heterocycles. The quantitative estimate of drug-likeness (QED) is 0.547. The van der Waals surface area contributed by atoms with Crippen LogP contribution in [0.4, 0.5) is 11.6 Å². The first kappa shape index (κ1) is 22.4. The Morgan fingerprint density at radius 3 is 2.38 bits per heavy atom. The Balaban J connectivity index is 1.52. The summed E-state index contributed by atoms with van der Waals surface area (Å²) in [4.78, 5) is 8.88. The minimum absolute atomic E-state index is 0.0140. The van der Waals surface area contributed by atoms with Crippen molar-refractivity contribution in [1.29, 1.82) is 0 Å². The molecule has 1 saturated heterocycles. The lowest BCUT2D eigenvalue weighted by molar-refractivity contribution is 0.137. The number of fused-ring (bicyclic) bond motifs is 1. The Labute approximate surface area is 186 Å². The topological polar surface area (TPSA) is 145 Å². The predicted octanol–water partition coefficient (Wildman–Crippen LogP) is 1.82. The van der Waals surface area contributed by atoms with E-state index in [4.69, 9.17) is 9.88 Å². The average Bonchev–Trinajstić information content (AvgIpc) is 2.74. The SMILES string of the molecule is CS(=O)(=O)N1CCC(Oc2cccc3cnc(Nc4ccc(S(N)(=O)=O)cc4)nc23)CC1. The number of hydrogen-bond donors (Lipinski definition) is 2. The van der Waals surface area contributed by atoms with Gasteiger partial charge in [0.1, 0.15) is 17.4 Å². The monoisotopic (exact) mass is 477 g/mol. The van der Waals surface area contributed by atoms with E-state index >= 15 is 0 Å². The van der Waals surface area contributed by atoms with Crippen LogP contribution in [0.2, 0.25) is 0 Å². The largest absolute Gasteiger partial charge is 0.488 e. The van der Waals surface area contributed by atoms with Gasteiger partial charge in [-0.05, 0) is 43.2 Å². The van der Waals surface area contributed by atoms with Crippen molar-refractivity contribution >= 4 is 42.6 Å². The molecule has 3 aromatic rings. The highest BCUT2D eigenvalue weighted by Crippen LogP contribution is 2.28. The number of benzene rings is 2. The maximum atomic E-state index is 11.7. The fraction of sp³-hybridized carbons (Fsp3) is 0.300. The van der Waals surface area contributed by atoms with E-state index in [2.05, 4.69) is 15.3 Å². The second-order valence-electron chi connectivity index (χ2n) is 7.56. The van der Waals surface area contributed by atoms with E-state index in [0.29, 0.717) is 48.8 Å². The van der Waals surface area contributed by atoms with E-state index in [1.807, 2.05) is 18.2 Å². The highest BCUT2D eigenvalue weighted by atomic mass is 32.2. The van der Waals surface area contributed by atoms with Crippen LogP contribution in [0.3, 0.4) is 0 Å². The van der Waals surface area contributed by atoms with Gasteiger partial charge in [-0.1, -0.05) is 12.1 Å². The molecule has 12 heteroatoms. The van der Waals surface area contributed by atoms with E-state index in [1.54, 1.807) is 18.3 Å². The molecule has 1 aliphatic heterocycles. The zero-order chi connectivity index (χ0) is 22.9. The van der Waals surface area contributed by atoms with Crippen molar-refractivity contribution in [2.45, 2.75) is 23.8 Å². The molecule has 1 aliphatic rings. The van der Waals surface area contributed by atoms with Crippen LogP contribution in [0.25, 0.3) is 10.9 Å². The maximum absolute atomic E-state index is 11.7. The van der Waals surface area contributed by atoms with Gasteiger partial charge in [0.2, 0.25) is 26.0 Å². The van der Waals surface area contributed by atoms with Crippen LogP contribution in [-0.4, -0.2) is 56.6 Å². The molecule has 0 unspecified atom stereocenters. The number of rotatable bonds is 6. The van der Waals surface area contributed by atoms with E-state index in [9.17, 15) is 16.8 Å². The number of anilines is 2. The lowest BCUT2D eigenvalue weighted by Gasteiger charge is -2.30. The lowest BCUT2D eigenvalue weighted by atomic mass is 10.1. The van der Waals surface area contributed by atoms with Gasteiger partial charge in [-0.25, -0.2) is 36.2 Å². The molecule has 0 radical (unpaired) electrons. The molecule has 4 rings (SSSR count). The van der Waals surface area contributed by atoms with E-state index in [-0.39, 0.29) is 11.0 Å². The number of para-hydroxylation sites is 1. The minimum Gasteiger partial charge on any atom is -0.488 e. The number of nitrogens with zero attached hydrogens (tertiary/aromatic N) is 3. The number of nitrogens with one attached hydrogen (secondary N) is 1. The Kier molecular flexibility index (Phi) is 6.03. The average molecular weight is 478 g/mol. The summed E-state index contributed by atoms with van der Waals surface area (Å²) < 4.78 is 53.8. The summed E-state index contributed by atoms with van der Waals surface area (Å²) in [6.07, 6.45) is 3.96. The number of hydrogen-bond acceptors (Lipinski definition) is 8. The number of aromatic nitrogens is 2. The summed E-state index contributed by atoms with van der Waals surface area (Å²) in [6, 6.07) is 11.5. The summed E-state index contributed by atoms with van der Waals surface area (Å²) >= 11 is 0. The zero-order valence-corrected chi connectivity index (χ0v) is 18.9. The van der Waals surface area contributed by atoms with Crippen LogP contribution < -0.4 is 15.2 Å². The van der Waals surface area contributed by atoms with Gasteiger partial charge in [-0.15, -0.1) is 0 Å². The van der Waals surface area contributed by atoms with Gasteiger partial charge in [0.25, 0.3) is 0 Å². The van der Waals surface area contributed by atoms with E-state index in [1.165, 1.54) is 22.7 Å². The first-order chi connectivity index (χ1) is 15.1. The van der Waals surface area contributed by atoms with E-state index in [0.717, 1.165) is 5.39 Å². The molecule has 0 amide bonds. The van der Waals surface area contributed by atoms with Gasteiger partial charge in [0.15, 0.2) is 0 Å².